The molecule has 7 heteroatoms. The van der Waals surface area contributed by atoms with E-state index in [1.54, 1.807) is 12.1 Å². The van der Waals surface area contributed by atoms with Gasteiger partial charge in [-0.3, -0.25) is 0 Å². The Morgan fingerprint density at radius 2 is 1.69 bits per heavy atom. The third kappa shape index (κ3) is 3.88. The van der Waals surface area contributed by atoms with Crippen molar-refractivity contribution in [2.75, 3.05) is 31.1 Å². The van der Waals surface area contributed by atoms with E-state index in [0.29, 0.717) is 30.6 Å². The molecule has 2 aliphatic rings. The SMILES string of the molecule is CC1CC(C)CN(c2ccc(S(=O)(=O)N3CCCCC3)cc2C(=O)O)C1. The summed E-state index contributed by atoms with van der Waals surface area (Å²) >= 11 is 0. The molecule has 3 rings (SSSR count). The largest absolute Gasteiger partial charge is 0.478 e. The highest BCUT2D eigenvalue weighted by molar-refractivity contribution is 7.89. The number of sulfonamides is 1. The maximum atomic E-state index is 12.9. The summed E-state index contributed by atoms with van der Waals surface area (Å²) in [5.74, 6) is -0.115. The molecule has 6 nitrogen and oxygen atoms in total. The van der Waals surface area contributed by atoms with E-state index < -0.39 is 16.0 Å². The number of carboxylic acids is 1. The Bertz CT molecular complexity index is 762. The lowest BCUT2D eigenvalue weighted by molar-refractivity contribution is 0.0697. The van der Waals surface area contributed by atoms with Crippen molar-refractivity contribution < 1.29 is 18.3 Å². The summed E-state index contributed by atoms with van der Waals surface area (Å²) in [7, 11) is -3.64. The molecule has 2 saturated heterocycles. The van der Waals surface area contributed by atoms with Crippen LogP contribution in [0.2, 0.25) is 0 Å². The van der Waals surface area contributed by atoms with Gasteiger partial charge in [0.1, 0.15) is 0 Å². The minimum Gasteiger partial charge on any atom is -0.478 e. The van der Waals surface area contributed by atoms with Gasteiger partial charge in [0, 0.05) is 26.2 Å². The van der Waals surface area contributed by atoms with Gasteiger partial charge in [-0.05, 0) is 49.3 Å². The molecule has 1 N–H and O–H groups in total. The van der Waals surface area contributed by atoms with Crippen molar-refractivity contribution in [1.29, 1.82) is 0 Å². The lowest BCUT2D eigenvalue weighted by Crippen LogP contribution is -2.39. The Balaban J connectivity index is 1.95. The van der Waals surface area contributed by atoms with Gasteiger partial charge in [-0.25, -0.2) is 13.2 Å². The molecule has 0 spiro atoms. The van der Waals surface area contributed by atoms with Crippen LogP contribution in [-0.2, 0) is 10.0 Å². The molecule has 2 fully saturated rings. The van der Waals surface area contributed by atoms with Gasteiger partial charge < -0.3 is 10.0 Å². The van der Waals surface area contributed by atoms with E-state index in [-0.39, 0.29) is 10.5 Å². The molecule has 0 amide bonds. The summed E-state index contributed by atoms with van der Waals surface area (Å²) < 4.78 is 27.2. The fraction of sp³-hybridized carbons (Fsp3) is 0.632. The van der Waals surface area contributed by atoms with Gasteiger partial charge in [0.05, 0.1) is 16.1 Å². The van der Waals surface area contributed by atoms with Crippen molar-refractivity contribution in [1.82, 2.24) is 4.31 Å². The third-order valence-corrected chi connectivity index (χ3v) is 7.26. The number of piperidine rings is 2. The van der Waals surface area contributed by atoms with Crippen LogP contribution in [0.15, 0.2) is 23.1 Å². The molecule has 1 aromatic rings. The summed E-state index contributed by atoms with van der Waals surface area (Å²) in [6.45, 7) is 6.93. The lowest BCUT2D eigenvalue weighted by atomic mass is 9.91. The Hall–Kier alpha value is -1.60. The summed E-state index contributed by atoms with van der Waals surface area (Å²) in [6.07, 6.45) is 3.87. The molecular weight excluding hydrogens is 352 g/mol. The summed E-state index contributed by atoms with van der Waals surface area (Å²) in [5, 5.41) is 9.69. The van der Waals surface area contributed by atoms with Gasteiger partial charge in [-0.1, -0.05) is 20.3 Å². The quantitative estimate of drug-likeness (QED) is 0.869. The molecule has 0 aromatic heterocycles. The first kappa shape index (κ1) is 19.2. The van der Waals surface area contributed by atoms with Crippen LogP contribution in [-0.4, -0.2) is 50.0 Å². The molecule has 0 aliphatic carbocycles. The molecule has 144 valence electrons. The zero-order valence-electron chi connectivity index (χ0n) is 15.5. The number of nitrogens with zero attached hydrogens (tertiary/aromatic N) is 2. The van der Waals surface area contributed by atoms with Crippen LogP contribution >= 0.6 is 0 Å². The molecule has 26 heavy (non-hydrogen) atoms. The highest BCUT2D eigenvalue weighted by Crippen LogP contribution is 2.31. The highest BCUT2D eigenvalue weighted by atomic mass is 32.2. The minimum absolute atomic E-state index is 0.0735. The van der Waals surface area contributed by atoms with Crippen molar-refractivity contribution in [3.05, 3.63) is 23.8 Å². The van der Waals surface area contributed by atoms with Crippen LogP contribution in [0.25, 0.3) is 0 Å². The maximum absolute atomic E-state index is 12.9. The zero-order chi connectivity index (χ0) is 18.9. The summed E-state index contributed by atoms with van der Waals surface area (Å²) in [4.78, 5) is 14.0. The van der Waals surface area contributed by atoms with Crippen LogP contribution in [0.1, 0.15) is 49.9 Å². The molecule has 0 saturated carbocycles. The average molecular weight is 381 g/mol. The van der Waals surface area contributed by atoms with Crippen molar-refractivity contribution in [2.24, 2.45) is 11.8 Å². The first-order chi connectivity index (χ1) is 12.3. The predicted molar refractivity (Wildman–Crippen MR) is 101 cm³/mol. The van der Waals surface area contributed by atoms with Crippen LogP contribution in [0, 0.1) is 11.8 Å². The van der Waals surface area contributed by atoms with Crippen molar-refractivity contribution in [3.8, 4) is 0 Å². The summed E-state index contributed by atoms with van der Waals surface area (Å²) in [6, 6.07) is 4.58. The lowest BCUT2D eigenvalue weighted by Gasteiger charge is -2.37. The van der Waals surface area contributed by atoms with Crippen molar-refractivity contribution >= 4 is 21.7 Å². The molecule has 2 unspecified atom stereocenters. The fourth-order valence-corrected chi connectivity index (χ4v) is 5.78. The van der Waals surface area contributed by atoms with Crippen LogP contribution < -0.4 is 4.90 Å². The number of hydrogen-bond donors (Lipinski definition) is 1. The second-order valence-corrected chi connectivity index (χ2v) is 9.74. The Morgan fingerprint density at radius 1 is 1.08 bits per heavy atom. The van der Waals surface area contributed by atoms with Gasteiger partial charge in [0.2, 0.25) is 10.0 Å². The van der Waals surface area contributed by atoms with Gasteiger partial charge in [0.25, 0.3) is 0 Å². The minimum atomic E-state index is -3.64. The van der Waals surface area contributed by atoms with Crippen LogP contribution in [0.5, 0.6) is 0 Å². The smallest absolute Gasteiger partial charge is 0.337 e. The average Bonchev–Trinajstić information content (AvgIpc) is 2.61. The number of hydrogen-bond acceptors (Lipinski definition) is 4. The number of rotatable bonds is 4. The highest BCUT2D eigenvalue weighted by Gasteiger charge is 2.29. The number of carbonyl (C=O) groups is 1. The first-order valence-electron chi connectivity index (χ1n) is 9.41. The monoisotopic (exact) mass is 380 g/mol. The van der Waals surface area contributed by atoms with E-state index in [9.17, 15) is 18.3 Å². The third-order valence-electron chi connectivity index (χ3n) is 5.36. The van der Waals surface area contributed by atoms with Gasteiger partial charge in [0.15, 0.2) is 0 Å². The van der Waals surface area contributed by atoms with Crippen molar-refractivity contribution in [3.63, 3.8) is 0 Å². The van der Waals surface area contributed by atoms with E-state index in [1.807, 2.05) is 0 Å². The zero-order valence-corrected chi connectivity index (χ0v) is 16.3. The topological polar surface area (TPSA) is 77.9 Å². The molecular formula is C19H28N2O4S. The van der Waals surface area contributed by atoms with E-state index >= 15 is 0 Å². The maximum Gasteiger partial charge on any atom is 0.337 e. The Morgan fingerprint density at radius 3 is 2.27 bits per heavy atom. The van der Waals surface area contributed by atoms with Gasteiger partial charge >= 0.3 is 5.97 Å². The van der Waals surface area contributed by atoms with Crippen molar-refractivity contribution in [2.45, 2.75) is 44.4 Å². The predicted octanol–water partition coefficient (Wildman–Crippen LogP) is 3.04. The Labute approximate surface area is 155 Å². The fourth-order valence-electron chi connectivity index (χ4n) is 4.24. The van der Waals surface area contributed by atoms with Gasteiger partial charge in [-0.15, -0.1) is 0 Å². The Kier molecular flexibility index (Phi) is 5.58. The van der Waals surface area contributed by atoms with Crippen LogP contribution in [0.4, 0.5) is 5.69 Å². The molecule has 0 radical (unpaired) electrons. The van der Waals surface area contributed by atoms with E-state index in [1.165, 1.54) is 10.4 Å². The first-order valence-corrected chi connectivity index (χ1v) is 10.9. The normalized spacial score (nSPS) is 25.2. The van der Waals surface area contributed by atoms with E-state index in [2.05, 4.69) is 18.7 Å². The second-order valence-electron chi connectivity index (χ2n) is 7.80. The molecule has 2 atom stereocenters. The number of carboxylic acid groups (broad SMARTS) is 1. The summed E-state index contributed by atoms with van der Waals surface area (Å²) in [5.41, 5.74) is 0.692. The second kappa shape index (κ2) is 7.56. The molecule has 0 bridgehead atoms. The van der Waals surface area contributed by atoms with E-state index in [4.69, 9.17) is 0 Å². The number of aromatic carboxylic acids is 1. The molecule has 2 aliphatic heterocycles. The standard InChI is InChI=1S/C19H28N2O4S/c1-14-10-15(2)13-20(12-14)18-7-6-16(11-17(18)19(22)23)26(24,25)21-8-4-3-5-9-21/h6-7,11,14-15H,3-5,8-10,12-13H2,1-2H3,(H,22,23). The number of anilines is 1. The van der Waals surface area contributed by atoms with Gasteiger partial charge in [-0.2, -0.15) is 4.31 Å². The molecule has 2 heterocycles. The van der Waals surface area contributed by atoms with E-state index in [0.717, 1.165) is 38.8 Å². The number of benzene rings is 1. The van der Waals surface area contributed by atoms with Crippen LogP contribution in [0.3, 0.4) is 0 Å². The molecule has 1 aromatic carbocycles.